The molecule has 1 aromatic rings. The predicted octanol–water partition coefficient (Wildman–Crippen LogP) is 0.0870. The predicted molar refractivity (Wildman–Crippen MR) is 29.0 cm³/mol. The van der Waals surface area contributed by atoms with Gasteiger partial charge in [-0.15, -0.1) is 5.10 Å². The van der Waals surface area contributed by atoms with Crippen molar-refractivity contribution in [3.05, 3.63) is 6.20 Å². The monoisotopic (exact) mass is 129 g/mol. The third-order valence-corrected chi connectivity index (χ3v) is 1.10. The van der Waals surface area contributed by atoms with E-state index in [-0.39, 0.29) is 0 Å². The van der Waals surface area contributed by atoms with Crippen molar-refractivity contribution in [2.75, 3.05) is 0 Å². The van der Waals surface area contributed by atoms with Gasteiger partial charge in [-0.1, -0.05) is 5.21 Å². The number of aromatic amines is 1. The molecule has 0 aromatic carbocycles. The Bertz CT molecular complexity index is 161. The number of nitrogens with zero attached hydrogens (tertiary/aromatic N) is 2. The van der Waals surface area contributed by atoms with E-state index in [1.807, 2.05) is 0 Å². The van der Waals surface area contributed by atoms with Gasteiger partial charge in [0.05, 0.1) is 6.20 Å². The number of carbonyl (C=O) groups is 1. The molecule has 0 amide bonds. The van der Waals surface area contributed by atoms with Gasteiger partial charge < -0.3 is 0 Å². The SMILES string of the molecule is O=CSc1c[nH]nn1. The number of rotatable bonds is 2. The first-order valence-corrected chi connectivity index (χ1v) is 2.78. The average Bonchev–Trinajstić information content (AvgIpc) is 2.19. The Balaban J connectivity index is 2.62. The number of hydrogen-bond donors (Lipinski definition) is 1. The summed E-state index contributed by atoms with van der Waals surface area (Å²) in [6.07, 6.45) is 1.55. The Morgan fingerprint density at radius 3 is 3.25 bits per heavy atom. The molecule has 0 fully saturated rings. The summed E-state index contributed by atoms with van der Waals surface area (Å²) in [6, 6.07) is 0. The lowest BCUT2D eigenvalue weighted by atomic mass is 11.0. The first kappa shape index (κ1) is 5.30. The molecule has 0 saturated carbocycles. The van der Waals surface area contributed by atoms with E-state index >= 15 is 0 Å². The van der Waals surface area contributed by atoms with E-state index in [0.29, 0.717) is 10.6 Å². The minimum absolute atomic E-state index is 0.597. The zero-order valence-electron chi connectivity index (χ0n) is 3.87. The van der Waals surface area contributed by atoms with Gasteiger partial charge in [-0.05, 0) is 11.8 Å². The number of aromatic nitrogens is 3. The summed E-state index contributed by atoms with van der Waals surface area (Å²) in [5.41, 5.74) is 0.706. The van der Waals surface area contributed by atoms with E-state index in [2.05, 4.69) is 15.4 Å². The number of thioether (sulfide) groups is 1. The Morgan fingerprint density at radius 1 is 1.88 bits per heavy atom. The van der Waals surface area contributed by atoms with Crippen LogP contribution in [0.2, 0.25) is 0 Å². The fraction of sp³-hybridized carbons (Fsp3) is 0. The van der Waals surface area contributed by atoms with Crippen molar-refractivity contribution >= 4 is 17.4 Å². The average molecular weight is 129 g/mol. The molecule has 0 aliphatic heterocycles. The lowest BCUT2D eigenvalue weighted by Gasteiger charge is -1.73. The second kappa shape index (κ2) is 2.46. The van der Waals surface area contributed by atoms with Crippen molar-refractivity contribution in [1.29, 1.82) is 0 Å². The molecule has 0 radical (unpaired) electrons. The summed E-state index contributed by atoms with van der Waals surface area (Å²) in [4.78, 5) is 9.75. The highest BCUT2D eigenvalue weighted by Gasteiger charge is 1.90. The molecule has 4 nitrogen and oxygen atoms in total. The van der Waals surface area contributed by atoms with Crippen LogP contribution in [0.1, 0.15) is 0 Å². The third-order valence-electron chi connectivity index (χ3n) is 0.563. The molecule has 0 atom stereocenters. The first-order chi connectivity index (χ1) is 3.93. The van der Waals surface area contributed by atoms with Gasteiger partial charge in [0.2, 0.25) is 0 Å². The summed E-state index contributed by atoms with van der Waals surface area (Å²) < 4.78 is 0. The normalized spacial score (nSPS) is 9.00. The number of hydrogen-bond acceptors (Lipinski definition) is 4. The maximum Gasteiger partial charge on any atom is 0.182 e. The van der Waals surface area contributed by atoms with Crippen LogP contribution >= 0.6 is 11.8 Å². The van der Waals surface area contributed by atoms with Crippen LogP contribution in [0, 0.1) is 0 Å². The van der Waals surface area contributed by atoms with Gasteiger partial charge in [0, 0.05) is 0 Å². The molecule has 1 aromatic heterocycles. The zero-order valence-corrected chi connectivity index (χ0v) is 4.68. The van der Waals surface area contributed by atoms with Crippen LogP contribution in [0.5, 0.6) is 0 Å². The number of nitrogens with one attached hydrogen (secondary N) is 1. The molecule has 42 valence electrons. The van der Waals surface area contributed by atoms with Crippen molar-refractivity contribution in [3.63, 3.8) is 0 Å². The summed E-state index contributed by atoms with van der Waals surface area (Å²) >= 11 is 0.997. The summed E-state index contributed by atoms with van der Waals surface area (Å²) in [5.74, 6) is 0. The number of carbonyl (C=O) groups excluding carboxylic acids is 1. The van der Waals surface area contributed by atoms with Crippen molar-refractivity contribution in [3.8, 4) is 0 Å². The molecule has 5 heteroatoms. The molecular weight excluding hydrogens is 126 g/mol. The molecule has 0 bridgehead atoms. The van der Waals surface area contributed by atoms with E-state index in [1.165, 1.54) is 0 Å². The Kier molecular flexibility index (Phi) is 1.63. The molecule has 0 saturated heterocycles. The first-order valence-electron chi connectivity index (χ1n) is 1.90. The minimum atomic E-state index is 0.597. The molecule has 1 heterocycles. The van der Waals surface area contributed by atoms with E-state index in [4.69, 9.17) is 0 Å². The lowest BCUT2D eigenvalue weighted by molar-refractivity contribution is 0.570. The van der Waals surface area contributed by atoms with Gasteiger partial charge in [-0.3, -0.25) is 9.89 Å². The van der Waals surface area contributed by atoms with E-state index in [1.54, 1.807) is 6.20 Å². The van der Waals surface area contributed by atoms with Crippen molar-refractivity contribution in [1.82, 2.24) is 15.4 Å². The molecule has 8 heavy (non-hydrogen) atoms. The zero-order chi connectivity index (χ0) is 5.82. The highest BCUT2D eigenvalue weighted by Crippen LogP contribution is 2.06. The molecular formula is C3H3N3OS. The fourth-order valence-corrected chi connectivity index (χ4v) is 0.605. The van der Waals surface area contributed by atoms with Crippen LogP contribution in [0.15, 0.2) is 11.2 Å². The van der Waals surface area contributed by atoms with Crippen molar-refractivity contribution in [2.45, 2.75) is 5.03 Å². The van der Waals surface area contributed by atoms with Gasteiger partial charge in [-0.2, -0.15) is 0 Å². The Morgan fingerprint density at radius 2 is 2.75 bits per heavy atom. The van der Waals surface area contributed by atoms with Gasteiger partial charge >= 0.3 is 0 Å². The molecule has 0 aliphatic rings. The van der Waals surface area contributed by atoms with Crippen LogP contribution in [-0.2, 0) is 4.79 Å². The van der Waals surface area contributed by atoms with Crippen molar-refractivity contribution in [2.24, 2.45) is 0 Å². The highest BCUT2D eigenvalue weighted by molar-refractivity contribution is 8.11. The molecule has 1 rings (SSSR count). The van der Waals surface area contributed by atoms with Crippen LogP contribution in [-0.4, -0.2) is 21.0 Å². The summed E-state index contributed by atoms with van der Waals surface area (Å²) in [5, 5.41) is 9.99. The van der Waals surface area contributed by atoms with Gasteiger partial charge in [0.1, 0.15) is 5.03 Å². The van der Waals surface area contributed by atoms with Gasteiger partial charge in [0.25, 0.3) is 0 Å². The molecule has 1 N–H and O–H groups in total. The third kappa shape index (κ3) is 1.06. The second-order valence-corrected chi connectivity index (χ2v) is 1.87. The van der Waals surface area contributed by atoms with Crippen LogP contribution in [0.4, 0.5) is 0 Å². The van der Waals surface area contributed by atoms with E-state index < -0.39 is 0 Å². The summed E-state index contributed by atoms with van der Waals surface area (Å²) in [7, 11) is 0. The smallest absolute Gasteiger partial charge is 0.182 e. The quantitative estimate of drug-likeness (QED) is 0.454. The molecule has 0 spiro atoms. The van der Waals surface area contributed by atoms with Gasteiger partial charge in [-0.25, -0.2) is 0 Å². The maximum atomic E-state index is 9.75. The number of H-pyrrole nitrogens is 1. The highest BCUT2D eigenvalue weighted by atomic mass is 32.2. The topological polar surface area (TPSA) is 58.6 Å². The van der Waals surface area contributed by atoms with Crippen LogP contribution in [0.25, 0.3) is 0 Å². The Labute approximate surface area is 49.7 Å². The summed E-state index contributed by atoms with van der Waals surface area (Å²) in [6.45, 7) is 0. The van der Waals surface area contributed by atoms with Gasteiger partial charge in [0.15, 0.2) is 5.62 Å². The fourth-order valence-electron chi connectivity index (χ4n) is 0.298. The van der Waals surface area contributed by atoms with Crippen LogP contribution < -0.4 is 0 Å². The second-order valence-electron chi connectivity index (χ2n) is 1.03. The van der Waals surface area contributed by atoms with Crippen molar-refractivity contribution < 1.29 is 4.79 Å². The van der Waals surface area contributed by atoms with Crippen LogP contribution in [0.3, 0.4) is 0 Å². The maximum absolute atomic E-state index is 9.75. The largest absolute Gasteiger partial charge is 0.291 e. The Hall–Kier alpha value is -0.840. The minimum Gasteiger partial charge on any atom is -0.291 e. The van der Waals surface area contributed by atoms with E-state index in [0.717, 1.165) is 11.8 Å². The van der Waals surface area contributed by atoms with E-state index in [9.17, 15) is 4.79 Å². The lowest BCUT2D eigenvalue weighted by Crippen LogP contribution is -1.68. The molecule has 0 aliphatic carbocycles. The molecule has 0 unspecified atom stereocenters. The standard InChI is InChI=1S/C3H3N3OS/c7-2-8-3-1-4-6-5-3/h1-2H,(H,4,5,6).